The van der Waals surface area contributed by atoms with Gasteiger partial charge in [-0.2, -0.15) is 0 Å². The van der Waals surface area contributed by atoms with Crippen molar-refractivity contribution in [1.82, 2.24) is 5.32 Å². The summed E-state index contributed by atoms with van der Waals surface area (Å²) in [4.78, 5) is 12.3. The summed E-state index contributed by atoms with van der Waals surface area (Å²) in [6, 6.07) is 0.387. The molecule has 0 aromatic heterocycles. The van der Waals surface area contributed by atoms with Gasteiger partial charge < -0.3 is 5.32 Å². The fourth-order valence-electron chi connectivity index (χ4n) is 4.33. The van der Waals surface area contributed by atoms with Crippen LogP contribution < -0.4 is 5.32 Å². The standard InChI is InChI=1S/C17H31NO/c1-4-6-7-14(5-2)17(19)18-12(3)16-11-13-8-9-15(16)10-13/h12-16H,4-11H2,1-3H3,(H,18,19)/t12-,13+,14+,15+,16-/m1/s1. The predicted octanol–water partition coefficient (Wildman–Crippen LogP) is 4.14. The van der Waals surface area contributed by atoms with Crippen LogP contribution in [0.3, 0.4) is 0 Å². The molecule has 2 fully saturated rings. The van der Waals surface area contributed by atoms with Crippen molar-refractivity contribution in [2.45, 2.75) is 78.2 Å². The van der Waals surface area contributed by atoms with Gasteiger partial charge in [0.05, 0.1) is 0 Å². The van der Waals surface area contributed by atoms with Crippen LogP contribution in [-0.2, 0) is 4.79 Å². The second kappa shape index (κ2) is 6.76. The Morgan fingerprint density at radius 2 is 2.05 bits per heavy atom. The van der Waals surface area contributed by atoms with Crippen LogP contribution >= 0.6 is 0 Å². The number of nitrogens with one attached hydrogen (secondary N) is 1. The van der Waals surface area contributed by atoms with Gasteiger partial charge in [-0.1, -0.05) is 33.1 Å². The zero-order chi connectivity index (χ0) is 13.8. The molecule has 0 heterocycles. The molecule has 0 aromatic carbocycles. The fourth-order valence-corrected chi connectivity index (χ4v) is 4.33. The van der Waals surface area contributed by atoms with E-state index in [-0.39, 0.29) is 5.92 Å². The molecule has 0 aliphatic heterocycles. The summed E-state index contributed by atoms with van der Waals surface area (Å²) < 4.78 is 0. The summed E-state index contributed by atoms with van der Waals surface area (Å²) >= 11 is 0. The first kappa shape index (κ1) is 14.9. The Kier molecular flexibility index (Phi) is 5.29. The van der Waals surface area contributed by atoms with Crippen LogP contribution in [0.2, 0.25) is 0 Å². The molecule has 2 rings (SSSR count). The van der Waals surface area contributed by atoms with Crippen molar-refractivity contribution in [2.24, 2.45) is 23.7 Å². The van der Waals surface area contributed by atoms with Gasteiger partial charge in [0, 0.05) is 12.0 Å². The Hall–Kier alpha value is -0.530. The van der Waals surface area contributed by atoms with E-state index in [1.54, 1.807) is 0 Å². The zero-order valence-electron chi connectivity index (χ0n) is 13.0. The second-order valence-corrected chi connectivity index (χ2v) is 6.88. The Morgan fingerprint density at radius 1 is 1.26 bits per heavy atom. The third-order valence-corrected chi connectivity index (χ3v) is 5.57. The van der Waals surface area contributed by atoms with E-state index >= 15 is 0 Å². The maximum absolute atomic E-state index is 12.3. The van der Waals surface area contributed by atoms with Crippen LogP contribution in [0.1, 0.15) is 72.1 Å². The van der Waals surface area contributed by atoms with Crippen molar-refractivity contribution in [2.75, 3.05) is 0 Å². The minimum absolute atomic E-state index is 0.237. The van der Waals surface area contributed by atoms with Crippen molar-refractivity contribution >= 4 is 5.91 Å². The summed E-state index contributed by atoms with van der Waals surface area (Å²) in [7, 11) is 0. The van der Waals surface area contributed by atoms with E-state index in [0.29, 0.717) is 11.9 Å². The van der Waals surface area contributed by atoms with E-state index < -0.39 is 0 Å². The van der Waals surface area contributed by atoms with Crippen molar-refractivity contribution in [1.29, 1.82) is 0 Å². The lowest BCUT2D eigenvalue weighted by molar-refractivity contribution is -0.126. The van der Waals surface area contributed by atoms with Crippen LogP contribution in [0.15, 0.2) is 0 Å². The van der Waals surface area contributed by atoms with Crippen molar-refractivity contribution in [3.8, 4) is 0 Å². The Bertz CT molecular complexity index is 302. The molecule has 2 aliphatic carbocycles. The number of hydrogen-bond donors (Lipinski definition) is 1. The average molecular weight is 265 g/mol. The van der Waals surface area contributed by atoms with Crippen molar-refractivity contribution < 1.29 is 4.79 Å². The van der Waals surface area contributed by atoms with Crippen LogP contribution in [0.4, 0.5) is 0 Å². The quantitative estimate of drug-likeness (QED) is 0.736. The van der Waals surface area contributed by atoms with Gasteiger partial charge in [0.1, 0.15) is 0 Å². The minimum atomic E-state index is 0.237. The highest BCUT2D eigenvalue weighted by atomic mass is 16.1. The lowest BCUT2D eigenvalue weighted by Crippen LogP contribution is -2.42. The summed E-state index contributed by atoms with van der Waals surface area (Å²) in [6.07, 6.45) is 10.0. The highest BCUT2D eigenvalue weighted by molar-refractivity contribution is 5.78. The van der Waals surface area contributed by atoms with E-state index in [2.05, 4.69) is 26.1 Å². The highest BCUT2D eigenvalue weighted by Gasteiger charge is 2.42. The van der Waals surface area contributed by atoms with E-state index in [1.807, 2.05) is 0 Å². The third-order valence-electron chi connectivity index (χ3n) is 5.57. The molecule has 2 nitrogen and oxygen atoms in total. The molecule has 0 spiro atoms. The maximum atomic E-state index is 12.3. The topological polar surface area (TPSA) is 29.1 Å². The summed E-state index contributed by atoms with van der Waals surface area (Å²) in [5, 5.41) is 3.33. The van der Waals surface area contributed by atoms with Crippen molar-refractivity contribution in [3.63, 3.8) is 0 Å². The van der Waals surface area contributed by atoms with Crippen LogP contribution in [0, 0.1) is 23.7 Å². The molecule has 0 aromatic rings. The predicted molar refractivity (Wildman–Crippen MR) is 79.8 cm³/mol. The first-order chi connectivity index (χ1) is 9.15. The molecule has 2 heteroatoms. The fraction of sp³-hybridized carbons (Fsp3) is 0.941. The van der Waals surface area contributed by atoms with E-state index in [0.717, 1.165) is 30.6 Å². The van der Waals surface area contributed by atoms with Gasteiger partial charge in [0.15, 0.2) is 0 Å². The number of fused-ring (bicyclic) bond motifs is 2. The molecular formula is C17H31NO. The highest BCUT2D eigenvalue weighted by Crippen LogP contribution is 2.49. The summed E-state index contributed by atoms with van der Waals surface area (Å²) in [5.41, 5.74) is 0. The Morgan fingerprint density at radius 3 is 2.58 bits per heavy atom. The molecule has 0 radical (unpaired) electrons. The Labute approximate surface area is 118 Å². The van der Waals surface area contributed by atoms with Crippen molar-refractivity contribution in [3.05, 3.63) is 0 Å². The number of rotatable bonds is 7. The molecule has 110 valence electrons. The number of amides is 1. The summed E-state index contributed by atoms with van der Waals surface area (Å²) in [6.45, 7) is 6.57. The second-order valence-electron chi connectivity index (χ2n) is 6.88. The third kappa shape index (κ3) is 3.52. The van der Waals surface area contributed by atoms with Gasteiger partial charge in [-0.3, -0.25) is 4.79 Å². The molecule has 1 N–H and O–H groups in total. The van der Waals surface area contributed by atoms with Gasteiger partial charge in [-0.25, -0.2) is 0 Å². The lowest BCUT2D eigenvalue weighted by Gasteiger charge is -2.29. The van der Waals surface area contributed by atoms with Gasteiger partial charge in [-0.05, 0) is 56.8 Å². The summed E-state index contributed by atoms with van der Waals surface area (Å²) in [5.74, 6) is 3.17. The number of carbonyl (C=O) groups is 1. The molecular weight excluding hydrogens is 234 g/mol. The molecule has 0 saturated heterocycles. The number of hydrogen-bond acceptors (Lipinski definition) is 1. The van der Waals surface area contributed by atoms with Crippen LogP contribution in [0.25, 0.3) is 0 Å². The van der Waals surface area contributed by atoms with E-state index in [1.165, 1.54) is 38.5 Å². The molecule has 2 bridgehead atoms. The SMILES string of the molecule is CCCC[C@H](CC)C(=O)N[C@H](C)[C@H]1C[C@H]2CC[C@H]1C2. The normalized spacial score (nSPS) is 32.3. The average Bonchev–Trinajstić information content (AvgIpc) is 3.01. The lowest BCUT2D eigenvalue weighted by atomic mass is 9.83. The minimum Gasteiger partial charge on any atom is -0.353 e. The number of carbonyl (C=O) groups excluding carboxylic acids is 1. The van der Waals surface area contributed by atoms with Gasteiger partial charge in [0.25, 0.3) is 0 Å². The monoisotopic (exact) mass is 265 g/mol. The van der Waals surface area contributed by atoms with E-state index in [4.69, 9.17) is 0 Å². The first-order valence-electron chi connectivity index (χ1n) is 8.46. The zero-order valence-corrected chi connectivity index (χ0v) is 13.0. The van der Waals surface area contributed by atoms with Crippen LogP contribution in [-0.4, -0.2) is 11.9 Å². The smallest absolute Gasteiger partial charge is 0.223 e. The maximum Gasteiger partial charge on any atom is 0.223 e. The molecule has 19 heavy (non-hydrogen) atoms. The largest absolute Gasteiger partial charge is 0.353 e. The van der Waals surface area contributed by atoms with Gasteiger partial charge in [0.2, 0.25) is 5.91 Å². The Balaban J connectivity index is 1.80. The molecule has 5 atom stereocenters. The van der Waals surface area contributed by atoms with Crippen LogP contribution in [0.5, 0.6) is 0 Å². The molecule has 2 saturated carbocycles. The first-order valence-corrected chi connectivity index (χ1v) is 8.46. The van der Waals surface area contributed by atoms with Gasteiger partial charge in [-0.15, -0.1) is 0 Å². The molecule has 2 aliphatic rings. The van der Waals surface area contributed by atoms with E-state index in [9.17, 15) is 4.79 Å². The molecule has 0 unspecified atom stereocenters. The number of unbranched alkanes of at least 4 members (excludes halogenated alkanes) is 1. The molecule has 1 amide bonds. The van der Waals surface area contributed by atoms with Gasteiger partial charge >= 0.3 is 0 Å².